The fourth-order valence-electron chi connectivity index (χ4n) is 5.68. The van der Waals surface area contributed by atoms with E-state index in [1.807, 2.05) is 10.4 Å². The molecule has 0 fully saturated rings. The van der Waals surface area contributed by atoms with Crippen molar-refractivity contribution in [3.05, 3.63) is 78.9 Å². The summed E-state index contributed by atoms with van der Waals surface area (Å²) in [6.07, 6.45) is 1.23. The molecule has 1 aliphatic heterocycles. The normalized spacial score (nSPS) is 21.0. The fourth-order valence-corrected chi connectivity index (χ4v) is 13.9. The van der Waals surface area contributed by atoms with Crippen molar-refractivity contribution < 1.29 is 49.5 Å². The Labute approximate surface area is 191 Å². The molecule has 3 aliphatic rings. The second-order valence-corrected chi connectivity index (χ2v) is 14.4. The van der Waals surface area contributed by atoms with Gasteiger partial charge in [0.1, 0.15) is 0 Å². The van der Waals surface area contributed by atoms with Crippen LogP contribution in [0.15, 0.2) is 67.8 Å². The van der Waals surface area contributed by atoms with Gasteiger partial charge in [-0.05, 0) is 0 Å². The summed E-state index contributed by atoms with van der Waals surface area (Å²) in [7, 11) is -1.23. The summed E-state index contributed by atoms with van der Waals surface area (Å²) < 4.78 is 1.72. The average Bonchev–Trinajstić information content (AvgIpc) is 3.03. The van der Waals surface area contributed by atoms with E-state index in [0.717, 1.165) is 0 Å². The molecule has 5 rings (SSSR count). The molecule has 0 N–H and O–H groups in total. The first-order valence-corrected chi connectivity index (χ1v) is 13.5. The van der Waals surface area contributed by atoms with E-state index in [2.05, 4.69) is 75.5 Å². The molecule has 0 aromatic heterocycles. The number of fused-ring (bicyclic) bond motifs is 3. The summed E-state index contributed by atoms with van der Waals surface area (Å²) in [5, 5.41) is 3.67. The molecule has 0 nitrogen and oxygen atoms in total. The second-order valence-electron chi connectivity index (χ2n) is 8.94. The third kappa shape index (κ3) is 2.86. The Hall–Kier alpha value is -0.400. The van der Waals surface area contributed by atoms with Gasteiger partial charge < -0.3 is 24.8 Å². The number of halogens is 2. The van der Waals surface area contributed by atoms with Crippen molar-refractivity contribution in [3.63, 3.8) is 0 Å². The zero-order valence-corrected chi connectivity index (χ0v) is 21.1. The third-order valence-electron chi connectivity index (χ3n) is 6.50. The van der Waals surface area contributed by atoms with Gasteiger partial charge in [0, 0.05) is 0 Å². The van der Waals surface area contributed by atoms with Gasteiger partial charge in [-0.15, -0.1) is 0 Å². The Morgan fingerprint density at radius 1 is 0.889 bits per heavy atom. The Morgan fingerprint density at radius 3 is 1.89 bits per heavy atom. The molecule has 137 valence electrons. The van der Waals surface area contributed by atoms with Gasteiger partial charge >= 0.3 is 168 Å². The summed E-state index contributed by atoms with van der Waals surface area (Å²) in [6, 6.07) is 18.2. The summed E-state index contributed by atoms with van der Waals surface area (Å²) in [4.78, 5) is 0. The Bertz CT molecular complexity index is 955. The number of benzene rings is 2. The second kappa shape index (κ2) is 6.84. The fraction of sp³-hybridized carbons (Fsp3) is 0.304. The first kappa shape index (κ1) is 21.3. The van der Waals surface area contributed by atoms with E-state index >= 15 is 0 Å². The number of rotatable bonds is 1. The predicted molar refractivity (Wildman–Crippen MR) is 104 cm³/mol. The smallest absolute Gasteiger partial charge is 1.00 e. The minimum atomic E-state index is -1.23. The van der Waals surface area contributed by atoms with E-state index < -0.39 is 8.07 Å². The molecule has 4 heteroatoms. The zero-order chi connectivity index (χ0) is 17.6. The van der Waals surface area contributed by atoms with Crippen molar-refractivity contribution in [2.45, 2.75) is 39.3 Å². The molecule has 0 saturated carbocycles. The van der Waals surface area contributed by atoms with Gasteiger partial charge in [-0.1, -0.05) is 0 Å². The van der Waals surface area contributed by atoms with Crippen LogP contribution in [0.5, 0.6) is 0 Å². The van der Waals surface area contributed by atoms with Crippen LogP contribution < -0.4 is 24.8 Å². The van der Waals surface area contributed by atoms with E-state index in [0.29, 0.717) is 11.3 Å². The maximum atomic E-state index is 2.56. The number of hydrogen-bond acceptors (Lipinski definition) is 0. The first-order valence-electron chi connectivity index (χ1n) is 9.23. The molecule has 0 radical (unpaired) electrons. The van der Waals surface area contributed by atoms with Crippen molar-refractivity contribution in [1.82, 2.24) is 0 Å². The van der Waals surface area contributed by atoms with E-state index in [-0.39, 0.29) is 24.8 Å². The topological polar surface area (TPSA) is 0 Å². The molecule has 1 heterocycles. The molecular formula is C23H23Cl2SiZr. The molecule has 2 aliphatic carbocycles. The summed E-state index contributed by atoms with van der Waals surface area (Å²) >= 11 is 1.62. The number of hydrogen-bond donors (Lipinski definition) is 0. The Balaban J connectivity index is 0.00000105. The van der Waals surface area contributed by atoms with Crippen molar-refractivity contribution in [3.8, 4) is 11.1 Å². The van der Waals surface area contributed by atoms with Crippen molar-refractivity contribution in [1.29, 1.82) is 0 Å². The molecule has 0 bridgehead atoms. The van der Waals surface area contributed by atoms with Crippen molar-refractivity contribution in [2.75, 3.05) is 0 Å². The van der Waals surface area contributed by atoms with Crippen LogP contribution in [0, 0.1) is 5.41 Å². The summed E-state index contributed by atoms with van der Waals surface area (Å²) in [5.41, 5.74) is 8.02. The quantitative estimate of drug-likeness (QED) is 0.500. The molecule has 27 heavy (non-hydrogen) atoms. The monoisotopic (exact) mass is 487 g/mol. The average molecular weight is 490 g/mol. The van der Waals surface area contributed by atoms with Gasteiger partial charge in [-0.25, -0.2) is 0 Å². The number of allylic oxidation sites excluding steroid dienone is 4. The minimum Gasteiger partial charge on any atom is -1.00 e. The largest absolute Gasteiger partial charge is 1.00 e. The van der Waals surface area contributed by atoms with Gasteiger partial charge in [0.25, 0.3) is 0 Å². The van der Waals surface area contributed by atoms with Gasteiger partial charge in [-0.2, -0.15) is 0 Å². The van der Waals surface area contributed by atoms with Crippen molar-refractivity contribution in [2.24, 2.45) is 5.41 Å². The molecule has 0 saturated heterocycles. The minimum absolute atomic E-state index is 0. The Morgan fingerprint density at radius 2 is 1.37 bits per heavy atom. The standard InChI is InChI=1S/C23H23Si.2ClH.Zr/c1-23(2)14-15(13-20-22(23)24(20,3)4)21-18-11-7-5-9-16(18)17-10-6-8-12-19(17)21;;;/h5-12,21H,14H2,1-4H3;2*1H;/q;;;+2/p-2. The van der Waals surface area contributed by atoms with Crippen LogP contribution in [0.4, 0.5) is 0 Å². The summed E-state index contributed by atoms with van der Waals surface area (Å²) in [6.45, 7) is 10.1. The van der Waals surface area contributed by atoms with Gasteiger partial charge in [0.2, 0.25) is 0 Å². The van der Waals surface area contributed by atoms with Gasteiger partial charge in [0.05, 0.1) is 0 Å². The molecule has 2 aromatic rings. The molecule has 2 aromatic carbocycles. The van der Waals surface area contributed by atoms with Crippen LogP contribution in [0.3, 0.4) is 0 Å². The molecule has 0 amide bonds. The van der Waals surface area contributed by atoms with E-state index in [1.54, 1.807) is 33.6 Å². The molecule has 0 atom stereocenters. The Kier molecular flexibility index (Phi) is 5.40. The van der Waals surface area contributed by atoms with E-state index in [9.17, 15) is 0 Å². The van der Waals surface area contributed by atoms with Crippen molar-refractivity contribution >= 4 is 8.07 Å². The predicted octanol–water partition coefficient (Wildman–Crippen LogP) is 0.135. The van der Waals surface area contributed by atoms with Crippen LogP contribution in [-0.2, 0) is 24.7 Å². The van der Waals surface area contributed by atoms with Crippen LogP contribution in [0.25, 0.3) is 11.1 Å². The SMILES string of the molecule is CC1(C)CC(C2c3ccccc3-c3ccccc32)=[C]([Zr+2])C2=C1[Si]2(C)C.[Cl-].[Cl-]. The molecule has 0 spiro atoms. The zero-order valence-electron chi connectivity index (χ0n) is 16.2. The third-order valence-corrected chi connectivity index (χ3v) is 12.2. The van der Waals surface area contributed by atoms with Crippen LogP contribution in [0.2, 0.25) is 13.1 Å². The summed E-state index contributed by atoms with van der Waals surface area (Å²) in [5.74, 6) is 0.473. The van der Waals surface area contributed by atoms with E-state index in [4.69, 9.17) is 0 Å². The first-order chi connectivity index (χ1) is 11.8. The molecule has 0 unspecified atom stereocenters. The van der Waals surface area contributed by atoms with Gasteiger partial charge in [-0.3, -0.25) is 0 Å². The maximum Gasteiger partial charge on any atom is -1.00 e. The van der Waals surface area contributed by atoms with Crippen LogP contribution in [-0.4, -0.2) is 8.07 Å². The van der Waals surface area contributed by atoms with Crippen LogP contribution in [0.1, 0.15) is 37.3 Å². The van der Waals surface area contributed by atoms with E-state index in [1.165, 1.54) is 28.7 Å². The molecular weight excluding hydrogens is 466 g/mol. The van der Waals surface area contributed by atoms with Crippen LogP contribution >= 0.6 is 0 Å². The maximum absolute atomic E-state index is 2.56. The van der Waals surface area contributed by atoms with Gasteiger partial charge in [0.15, 0.2) is 0 Å².